The van der Waals surface area contributed by atoms with Crippen LogP contribution in [0.3, 0.4) is 0 Å². The van der Waals surface area contributed by atoms with Crippen molar-refractivity contribution >= 4 is 0 Å². The third kappa shape index (κ3) is 2.00. The van der Waals surface area contributed by atoms with Gasteiger partial charge in [0.15, 0.2) is 11.6 Å². The molecule has 1 nitrogen and oxygen atoms in total. The van der Waals surface area contributed by atoms with Gasteiger partial charge in [-0.1, -0.05) is 6.42 Å². The van der Waals surface area contributed by atoms with Gasteiger partial charge in [0.2, 0.25) is 0 Å². The average Bonchev–Trinajstić information content (AvgIpc) is 2.26. The highest BCUT2D eigenvalue weighted by Crippen LogP contribution is 2.28. The summed E-state index contributed by atoms with van der Waals surface area (Å²) in [7, 11) is 0. The van der Waals surface area contributed by atoms with E-state index in [4.69, 9.17) is 0 Å². The summed E-state index contributed by atoms with van der Waals surface area (Å²) in [5.41, 5.74) is -0.158. The van der Waals surface area contributed by atoms with Crippen molar-refractivity contribution < 1.29 is 13.2 Å². The Morgan fingerprint density at radius 1 is 1.07 bits per heavy atom. The number of halogens is 3. The Balaban J connectivity index is 2.36. The highest BCUT2D eigenvalue weighted by molar-refractivity contribution is 5.24. The molecule has 82 valence electrons. The highest BCUT2D eigenvalue weighted by Gasteiger charge is 2.23. The van der Waals surface area contributed by atoms with Crippen molar-refractivity contribution in [2.75, 3.05) is 6.54 Å². The lowest BCUT2D eigenvalue weighted by atomic mass is 9.96. The molecular weight excluding hydrogens is 203 g/mol. The molecule has 1 fully saturated rings. The van der Waals surface area contributed by atoms with E-state index in [1.165, 1.54) is 0 Å². The topological polar surface area (TPSA) is 12.0 Å². The van der Waals surface area contributed by atoms with E-state index in [1.807, 2.05) is 0 Å². The van der Waals surface area contributed by atoms with Crippen molar-refractivity contribution in [3.05, 3.63) is 35.1 Å². The summed E-state index contributed by atoms with van der Waals surface area (Å²) in [4.78, 5) is 0. The Kier molecular flexibility index (Phi) is 2.95. The summed E-state index contributed by atoms with van der Waals surface area (Å²) < 4.78 is 39.7. The monoisotopic (exact) mass is 215 g/mol. The second-order valence-electron chi connectivity index (χ2n) is 3.76. The molecule has 1 aromatic rings. The van der Waals surface area contributed by atoms with Gasteiger partial charge in [-0.25, -0.2) is 13.2 Å². The van der Waals surface area contributed by atoms with Crippen molar-refractivity contribution in [2.45, 2.75) is 25.3 Å². The first kappa shape index (κ1) is 10.5. The Morgan fingerprint density at radius 2 is 1.80 bits per heavy atom. The highest BCUT2D eigenvalue weighted by atomic mass is 19.2. The fourth-order valence-electron chi connectivity index (χ4n) is 1.96. The molecule has 0 saturated carbocycles. The van der Waals surface area contributed by atoms with Gasteiger partial charge in [0.1, 0.15) is 5.82 Å². The second-order valence-corrected chi connectivity index (χ2v) is 3.76. The van der Waals surface area contributed by atoms with Gasteiger partial charge in [0.05, 0.1) is 0 Å². The quantitative estimate of drug-likeness (QED) is 0.710. The van der Waals surface area contributed by atoms with Crippen LogP contribution in [0.5, 0.6) is 0 Å². The molecule has 1 aliphatic heterocycles. The van der Waals surface area contributed by atoms with E-state index in [0.29, 0.717) is 6.42 Å². The Bertz CT molecular complexity index is 359. The molecule has 0 aromatic heterocycles. The molecular formula is C11H12F3N. The van der Waals surface area contributed by atoms with Gasteiger partial charge in [-0.3, -0.25) is 0 Å². The Labute approximate surface area is 86.3 Å². The lowest BCUT2D eigenvalue weighted by Gasteiger charge is -2.24. The largest absolute Gasteiger partial charge is 0.310 e. The Hall–Kier alpha value is -1.03. The van der Waals surface area contributed by atoms with Crippen LogP contribution in [0.4, 0.5) is 13.2 Å². The van der Waals surface area contributed by atoms with Crippen LogP contribution in [-0.4, -0.2) is 6.54 Å². The molecule has 1 aromatic carbocycles. The van der Waals surface area contributed by atoms with Crippen LogP contribution in [0.15, 0.2) is 12.1 Å². The predicted octanol–water partition coefficient (Wildman–Crippen LogP) is 2.92. The average molecular weight is 215 g/mol. The standard InChI is InChI=1S/C11H12F3N/c12-7-4-5-8(13)11(14)10(7)9-3-1-2-6-15-9/h4-5,9,15H,1-3,6H2. The SMILES string of the molecule is Fc1ccc(F)c(C2CCCCN2)c1F. The van der Waals surface area contributed by atoms with E-state index in [1.54, 1.807) is 0 Å². The lowest BCUT2D eigenvalue weighted by molar-refractivity contribution is 0.375. The van der Waals surface area contributed by atoms with E-state index in [9.17, 15) is 13.2 Å². The van der Waals surface area contributed by atoms with E-state index in [-0.39, 0.29) is 5.56 Å². The normalized spacial score (nSPS) is 21.7. The maximum Gasteiger partial charge on any atom is 0.166 e. The van der Waals surface area contributed by atoms with Crippen LogP contribution >= 0.6 is 0 Å². The third-order valence-electron chi connectivity index (χ3n) is 2.74. The van der Waals surface area contributed by atoms with Crippen LogP contribution in [-0.2, 0) is 0 Å². The van der Waals surface area contributed by atoms with Gasteiger partial charge in [-0.2, -0.15) is 0 Å². The molecule has 0 bridgehead atoms. The molecule has 1 unspecified atom stereocenters. The molecule has 1 N–H and O–H groups in total. The molecule has 1 aliphatic rings. The van der Waals surface area contributed by atoms with Gasteiger partial charge >= 0.3 is 0 Å². The first-order valence-corrected chi connectivity index (χ1v) is 5.07. The predicted molar refractivity (Wildman–Crippen MR) is 50.9 cm³/mol. The molecule has 1 heterocycles. The fraction of sp³-hybridized carbons (Fsp3) is 0.455. The van der Waals surface area contributed by atoms with Crippen LogP contribution in [0.1, 0.15) is 30.9 Å². The maximum absolute atomic E-state index is 13.4. The van der Waals surface area contributed by atoms with E-state index in [2.05, 4.69) is 5.32 Å². The summed E-state index contributed by atoms with van der Waals surface area (Å²) in [6.07, 6.45) is 2.55. The number of nitrogens with one attached hydrogen (secondary N) is 1. The number of hydrogen-bond acceptors (Lipinski definition) is 1. The minimum Gasteiger partial charge on any atom is -0.310 e. The number of piperidine rings is 1. The summed E-state index contributed by atoms with van der Waals surface area (Å²) in [5, 5.41) is 3.00. The van der Waals surface area contributed by atoms with E-state index in [0.717, 1.165) is 31.5 Å². The smallest absolute Gasteiger partial charge is 0.166 e. The molecule has 1 saturated heterocycles. The molecule has 15 heavy (non-hydrogen) atoms. The van der Waals surface area contributed by atoms with E-state index < -0.39 is 23.5 Å². The van der Waals surface area contributed by atoms with Gasteiger partial charge in [-0.15, -0.1) is 0 Å². The second kappa shape index (κ2) is 4.23. The first-order valence-electron chi connectivity index (χ1n) is 5.07. The zero-order valence-electron chi connectivity index (χ0n) is 8.19. The van der Waals surface area contributed by atoms with Crippen LogP contribution in [0.25, 0.3) is 0 Å². The summed E-state index contributed by atoms with van der Waals surface area (Å²) in [6, 6.07) is 1.40. The molecule has 4 heteroatoms. The molecule has 0 spiro atoms. The molecule has 0 aliphatic carbocycles. The minimum atomic E-state index is -1.06. The summed E-state index contributed by atoms with van der Waals surface area (Å²) in [5.74, 6) is -2.72. The van der Waals surface area contributed by atoms with Crippen molar-refractivity contribution in [1.29, 1.82) is 0 Å². The summed E-state index contributed by atoms with van der Waals surface area (Å²) in [6.45, 7) is 0.722. The van der Waals surface area contributed by atoms with Gasteiger partial charge in [0.25, 0.3) is 0 Å². The zero-order chi connectivity index (χ0) is 10.8. The minimum absolute atomic E-state index is 0.158. The van der Waals surface area contributed by atoms with Gasteiger partial charge < -0.3 is 5.32 Å². The number of hydrogen-bond donors (Lipinski definition) is 1. The lowest BCUT2D eigenvalue weighted by Crippen LogP contribution is -2.28. The molecule has 0 amide bonds. The van der Waals surface area contributed by atoms with Gasteiger partial charge in [-0.05, 0) is 31.5 Å². The first-order chi connectivity index (χ1) is 7.20. The number of rotatable bonds is 1. The van der Waals surface area contributed by atoms with E-state index >= 15 is 0 Å². The van der Waals surface area contributed by atoms with Crippen molar-refractivity contribution in [3.8, 4) is 0 Å². The Morgan fingerprint density at radius 3 is 2.47 bits per heavy atom. The molecule has 2 rings (SSSR count). The fourth-order valence-corrected chi connectivity index (χ4v) is 1.96. The third-order valence-corrected chi connectivity index (χ3v) is 2.74. The maximum atomic E-state index is 13.4. The number of benzene rings is 1. The zero-order valence-corrected chi connectivity index (χ0v) is 8.19. The van der Waals surface area contributed by atoms with Crippen LogP contribution < -0.4 is 5.32 Å². The molecule has 1 atom stereocenters. The van der Waals surface area contributed by atoms with Crippen LogP contribution in [0.2, 0.25) is 0 Å². The van der Waals surface area contributed by atoms with Gasteiger partial charge in [0, 0.05) is 11.6 Å². The van der Waals surface area contributed by atoms with Crippen LogP contribution in [0, 0.1) is 17.5 Å². The summed E-state index contributed by atoms with van der Waals surface area (Å²) >= 11 is 0. The van der Waals surface area contributed by atoms with Crippen molar-refractivity contribution in [3.63, 3.8) is 0 Å². The van der Waals surface area contributed by atoms with Crippen molar-refractivity contribution in [1.82, 2.24) is 5.32 Å². The molecule has 0 radical (unpaired) electrons. The van der Waals surface area contributed by atoms with Crippen molar-refractivity contribution in [2.24, 2.45) is 0 Å².